The molecule has 11 heteroatoms. The van der Waals surface area contributed by atoms with Crippen molar-refractivity contribution in [1.29, 1.82) is 0 Å². The Morgan fingerprint density at radius 2 is 2.09 bits per heavy atom. The molecule has 3 aromatic heterocycles. The number of pyridine rings is 1. The minimum absolute atomic E-state index is 0.0287. The van der Waals surface area contributed by atoms with Crippen molar-refractivity contribution < 1.29 is 19.4 Å². The van der Waals surface area contributed by atoms with E-state index >= 15 is 0 Å². The van der Waals surface area contributed by atoms with E-state index in [9.17, 15) is 14.7 Å². The van der Waals surface area contributed by atoms with Gasteiger partial charge in [0.1, 0.15) is 28.4 Å². The topological polar surface area (TPSA) is 118 Å². The fourth-order valence-electron chi connectivity index (χ4n) is 3.44. The number of carboxylic acid groups (broad SMARTS) is 1. The average molecular weight is 559 g/mol. The summed E-state index contributed by atoms with van der Waals surface area (Å²) in [5.41, 5.74) is 2.54. The summed E-state index contributed by atoms with van der Waals surface area (Å²) in [6, 6.07) is 10.6. The number of anilines is 3. The van der Waals surface area contributed by atoms with E-state index in [0.717, 1.165) is 22.6 Å². The lowest BCUT2D eigenvalue weighted by Crippen LogP contribution is -2.34. The minimum atomic E-state index is -1.12. The van der Waals surface area contributed by atoms with E-state index in [1.165, 1.54) is 11.2 Å². The second kappa shape index (κ2) is 8.31. The van der Waals surface area contributed by atoms with Crippen molar-refractivity contribution in [1.82, 2.24) is 15.0 Å². The number of rotatable bonds is 6. The predicted octanol–water partition coefficient (Wildman–Crippen LogP) is 4.98. The zero-order valence-corrected chi connectivity index (χ0v) is 19.3. The number of thiophene rings is 1. The van der Waals surface area contributed by atoms with E-state index in [0.29, 0.717) is 38.5 Å². The van der Waals surface area contributed by atoms with Crippen molar-refractivity contribution in [2.45, 2.75) is 11.0 Å². The lowest BCUT2D eigenvalue weighted by atomic mass is 10.1. The van der Waals surface area contributed by atoms with Crippen molar-refractivity contribution in [3.05, 3.63) is 65.1 Å². The molecule has 4 aromatic rings. The number of nitrogens with zero attached hydrogens (tertiary/aromatic N) is 4. The van der Waals surface area contributed by atoms with Crippen LogP contribution in [-0.4, -0.2) is 32.1 Å². The fourth-order valence-corrected chi connectivity index (χ4v) is 4.97. The molecule has 1 aliphatic rings. The third-order valence-electron chi connectivity index (χ3n) is 4.86. The first-order valence-electron chi connectivity index (χ1n) is 9.40. The highest BCUT2D eigenvalue weighted by Crippen LogP contribution is 2.45. The molecular formula is C21H14IN5O4S. The van der Waals surface area contributed by atoms with Crippen LogP contribution in [0.15, 0.2) is 48.9 Å². The molecule has 2 N–H and O–H groups in total. The van der Waals surface area contributed by atoms with E-state index in [1.54, 1.807) is 12.3 Å². The maximum Gasteiger partial charge on any atom is 0.348 e. The molecular weight excluding hydrogens is 545 g/mol. The first-order valence-corrected chi connectivity index (χ1v) is 11.7. The molecule has 0 unspecified atom stereocenters. The first-order chi connectivity index (χ1) is 15.6. The standard InChI is InChI=1S/C21H14IN5O4S/c22-8-11-7-13(4-5-14(11)31-9-12-3-1-2-6-23-12)27-18-15-16(26-21(27)30)17(20(28)29)32-19(15)25-10-24-18/h1-7,10H,8-9H2,(H,26,30)(H,28,29). The molecule has 2 amide bonds. The average Bonchev–Trinajstić information content (AvgIpc) is 3.18. The number of aromatic nitrogens is 3. The van der Waals surface area contributed by atoms with Crippen LogP contribution in [0.3, 0.4) is 0 Å². The van der Waals surface area contributed by atoms with Gasteiger partial charge in [0.05, 0.1) is 22.5 Å². The summed E-state index contributed by atoms with van der Waals surface area (Å²) in [5.74, 6) is -0.0770. The molecule has 0 fully saturated rings. The highest BCUT2D eigenvalue weighted by atomic mass is 127. The van der Waals surface area contributed by atoms with Crippen LogP contribution in [0, 0.1) is 0 Å². The van der Waals surface area contributed by atoms with Crippen LogP contribution in [0.4, 0.5) is 22.0 Å². The van der Waals surface area contributed by atoms with Crippen LogP contribution >= 0.6 is 33.9 Å². The molecule has 0 bridgehead atoms. The SMILES string of the molecule is O=C(O)c1sc2ncnc3c2c1NC(=O)N3c1ccc(OCc2ccccn2)c(CI)c1. The van der Waals surface area contributed by atoms with E-state index in [4.69, 9.17) is 4.74 Å². The van der Waals surface area contributed by atoms with Crippen LogP contribution in [0.1, 0.15) is 20.9 Å². The zero-order valence-electron chi connectivity index (χ0n) is 16.3. The van der Waals surface area contributed by atoms with Crippen molar-refractivity contribution in [2.75, 3.05) is 10.2 Å². The number of nitrogens with one attached hydrogen (secondary N) is 1. The van der Waals surface area contributed by atoms with Gasteiger partial charge >= 0.3 is 12.0 Å². The summed E-state index contributed by atoms with van der Waals surface area (Å²) in [6.45, 7) is 0.330. The first kappa shape index (κ1) is 20.6. The van der Waals surface area contributed by atoms with Gasteiger partial charge < -0.3 is 15.2 Å². The molecule has 0 saturated heterocycles. The number of urea groups is 1. The Labute approximate surface area is 199 Å². The molecule has 5 rings (SSSR count). The monoisotopic (exact) mass is 559 g/mol. The molecule has 0 aliphatic carbocycles. The van der Waals surface area contributed by atoms with Crippen LogP contribution in [0.25, 0.3) is 10.2 Å². The number of hydrogen-bond donors (Lipinski definition) is 2. The second-order valence-corrected chi connectivity index (χ2v) is 8.55. The van der Waals surface area contributed by atoms with Gasteiger partial charge in [-0.2, -0.15) is 0 Å². The van der Waals surface area contributed by atoms with E-state index in [1.807, 2.05) is 30.3 Å². The van der Waals surface area contributed by atoms with E-state index < -0.39 is 12.0 Å². The lowest BCUT2D eigenvalue weighted by molar-refractivity contribution is 0.0703. The van der Waals surface area contributed by atoms with Crippen molar-refractivity contribution in [2.24, 2.45) is 0 Å². The molecule has 0 radical (unpaired) electrons. The van der Waals surface area contributed by atoms with Crippen LogP contribution < -0.4 is 15.0 Å². The second-order valence-electron chi connectivity index (χ2n) is 6.79. The van der Waals surface area contributed by atoms with Gasteiger partial charge in [0.15, 0.2) is 5.82 Å². The summed E-state index contributed by atoms with van der Waals surface area (Å²) >= 11 is 3.24. The summed E-state index contributed by atoms with van der Waals surface area (Å²) in [5, 5.41) is 12.7. The largest absolute Gasteiger partial charge is 0.487 e. The zero-order chi connectivity index (χ0) is 22.2. The molecule has 0 spiro atoms. The third kappa shape index (κ3) is 3.52. The molecule has 1 aromatic carbocycles. The smallest absolute Gasteiger partial charge is 0.348 e. The Kier molecular flexibility index (Phi) is 5.35. The molecule has 0 saturated carbocycles. The van der Waals surface area contributed by atoms with Gasteiger partial charge in [0.2, 0.25) is 0 Å². The van der Waals surface area contributed by atoms with Gasteiger partial charge in [-0.15, -0.1) is 11.3 Å². The number of hydrogen-bond acceptors (Lipinski definition) is 7. The van der Waals surface area contributed by atoms with Crippen molar-refractivity contribution in [3.63, 3.8) is 0 Å². The van der Waals surface area contributed by atoms with Crippen LogP contribution in [-0.2, 0) is 11.0 Å². The van der Waals surface area contributed by atoms with Gasteiger partial charge in [-0.05, 0) is 30.3 Å². The predicted molar refractivity (Wildman–Crippen MR) is 128 cm³/mol. The minimum Gasteiger partial charge on any atom is -0.487 e. The highest BCUT2D eigenvalue weighted by molar-refractivity contribution is 14.1. The molecule has 1 aliphatic heterocycles. The number of ether oxygens (including phenoxy) is 1. The maximum atomic E-state index is 13.0. The van der Waals surface area contributed by atoms with E-state index in [-0.39, 0.29) is 10.6 Å². The van der Waals surface area contributed by atoms with Crippen LogP contribution in [0.2, 0.25) is 0 Å². The maximum absolute atomic E-state index is 13.0. The van der Waals surface area contributed by atoms with Crippen molar-refractivity contribution in [3.8, 4) is 5.75 Å². The normalized spacial score (nSPS) is 12.7. The van der Waals surface area contributed by atoms with Crippen molar-refractivity contribution >= 4 is 73.3 Å². The Bertz CT molecular complexity index is 1360. The number of alkyl halides is 1. The number of carbonyl (C=O) groups excluding carboxylic acids is 1. The number of benzene rings is 1. The van der Waals surface area contributed by atoms with Crippen LogP contribution in [0.5, 0.6) is 5.75 Å². The molecule has 4 heterocycles. The number of carbonyl (C=O) groups is 2. The Hall–Kier alpha value is -3.32. The number of aromatic carboxylic acids is 1. The highest BCUT2D eigenvalue weighted by Gasteiger charge is 2.34. The summed E-state index contributed by atoms with van der Waals surface area (Å²) in [7, 11) is 0. The lowest BCUT2D eigenvalue weighted by Gasteiger charge is -2.27. The Morgan fingerprint density at radius 3 is 2.84 bits per heavy atom. The van der Waals surface area contributed by atoms with E-state index in [2.05, 4.69) is 42.9 Å². The summed E-state index contributed by atoms with van der Waals surface area (Å²) in [4.78, 5) is 39.3. The Morgan fingerprint density at radius 1 is 1.22 bits per heavy atom. The van der Waals surface area contributed by atoms with Gasteiger partial charge in [0.25, 0.3) is 0 Å². The molecule has 0 atom stereocenters. The Balaban J connectivity index is 1.53. The molecule has 9 nitrogen and oxygen atoms in total. The van der Waals surface area contributed by atoms with Gasteiger partial charge in [0, 0.05) is 16.2 Å². The summed E-state index contributed by atoms with van der Waals surface area (Å²) < 4.78 is 6.61. The summed E-state index contributed by atoms with van der Waals surface area (Å²) in [6.07, 6.45) is 3.05. The number of amides is 2. The molecule has 160 valence electrons. The van der Waals surface area contributed by atoms with Gasteiger partial charge in [-0.25, -0.2) is 24.5 Å². The van der Waals surface area contributed by atoms with Gasteiger partial charge in [-0.1, -0.05) is 28.7 Å². The fraction of sp³-hybridized carbons (Fsp3) is 0.0952. The van der Waals surface area contributed by atoms with Gasteiger partial charge in [-0.3, -0.25) is 4.98 Å². The number of carboxylic acids is 1. The number of halogens is 1. The quantitative estimate of drug-likeness (QED) is 0.253. The molecule has 32 heavy (non-hydrogen) atoms. The third-order valence-corrected chi connectivity index (χ3v) is 6.76.